The number of nitrogens with zero attached hydrogens (tertiary/aromatic N) is 1. The van der Waals surface area contributed by atoms with E-state index in [0.717, 1.165) is 17.7 Å². The molecule has 0 radical (unpaired) electrons. The van der Waals surface area contributed by atoms with Gasteiger partial charge in [0.2, 0.25) is 0 Å². The molecule has 4 heteroatoms. The Bertz CT molecular complexity index is 565. The number of benzene rings is 1. The average Bonchev–Trinajstić information content (AvgIpc) is 2.45. The van der Waals surface area contributed by atoms with Gasteiger partial charge in [-0.05, 0) is 50.2 Å². The third-order valence-electron chi connectivity index (χ3n) is 3.19. The second kappa shape index (κ2) is 6.73. The summed E-state index contributed by atoms with van der Waals surface area (Å²) in [6, 6.07) is 9.88. The van der Waals surface area contributed by atoms with Crippen molar-refractivity contribution in [3.8, 4) is 11.5 Å². The Morgan fingerprint density at radius 2 is 2.10 bits per heavy atom. The number of rotatable bonds is 5. The zero-order valence-electron chi connectivity index (χ0n) is 12.0. The average molecular weight is 291 g/mol. The zero-order chi connectivity index (χ0) is 14.5. The number of aromatic nitrogens is 1. The summed E-state index contributed by atoms with van der Waals surface area (Å²) in [5, 5.41) is 3.84. The van der Waals surface area contributed by atoms with Crippen LogP contribution >= 0.6 is 11.6 Å². The lowest BCUT2D eigenvalue weighted by Gasteiger charge is -2.14. The van der Waals surface area contributed by atoms with Crippen LogP contribution in [0.25, 0.3) is 0 Å². The smallest absolute Gasteiger partial charge is 0.146 e. The normalized spacial score (nSPS) is 12.2. The first-order valence-electron chi connectivity index (χ1n) is 6.71. The van der Waals surface area contributed by atoms with Crippen LogP contribution in [0.2, 0.25) is 5.02 Å². The van der Waals surface area contributed by atoms with Crippen molar-refractivity contribution in [3.63, 3.8) is 0 Å². The fourth-order valence-corrected chi connectivity index (χ4v) is 2.31. The Labute approximate surface area is 124 Å². The molecule has 0 spiro atoms. The van der Waals surface area contributed by atoms with Crippen LogP contribution in [-0.2, 0) is 0 Å². The summed E-state index contributed by atoms with van der Waals surface area (Å²) in [6.45, 7) is 4.12. The predicted molar refractivity (Wildman–Crippen MR) is 82.6 cm³/mol. The van der Waals surface area contributed by atoms with E-state index in [-0.39, 0.29) is 6.04 Å². The van der Waals surface area contributed by atoms with Crippen molar-refractivity contribution >= 4 is 11.6 Å². The molecule has 0 bridgehead atoms. The number of ether oxygens (including phenoxy) is 1. The molecule has 1 aromatic carbocycles. The van der Waals surface area contributed by atoms with Crippen molar-refractivity contribution in [1.82, 2.24) is 10.3 Å². The first-order valence-corrected chi connectivity index (χ1v) is 7.09. The molecule has 0 amide bonds. The molecule has 0 saturated carbocycles. The van der Waals surface area contributed by atoms with Gasteiger partial charge in [0.25, 0.3) is 0 Å². The fourth-order valence-electron chi connectivity index (χ4n) is 2.03. The maximum Gasteiger partial charge on any atom is 0.146 e. The van der Waals surface area contributed by atoms with Gasteiger partial charge in [0.15, 0.2) is 0 Å². The van der Waals surface area contributed by atoms with Crippen LogP contribution in [0, 0.1) is 6.92 Å². The summed E-state index contributed by atoms with van der Waals surface area (Å²) >= 11 is 6.15. The van der Waals surface area contributed by atoms with E-state index in [1.54, 1.807) is 6.20 Å². The Morgan fingerprint density at radius 3 is 2.65 bits per heavy atom. The highest BCUT2D eigenvalue weighted by molar-refractivity contribution is 6.32. The van der Waals surface area contributed by atoms with Crippen molar-refractivity contribution in [2.75, 3.05) is 7.05 Å². The highest BCUT2D eigenvalue weighted by Gasteiger charge is 2.09. The molecule has 2 rings (SSSR count). The van der Waals surface area contributed by atoms with Crippen molar-refractivity contribution in [3.05, 3.63) is 52.8 Å². The second-order valence-corrected chi connectivity index (χ2v) is 5.11. The third kappa shape index (κ3) is 3.50. The molecule has 0 fully saturated rings. The van der Waals surface area contributed by atoms with Crippen LogP contribution in [0.5, 0.6) is 11.5 Å². The van der Waals surface area contributed by atoms with Crippen LogP contribution in [0.3, 0.4) is 0 Å². The van der Waals surface area contributed by atoms with E-state index in [0.29, 0.717) is 16.5 Å². The van der Waals surface area contributed by atoms with Gasteiger partial charge in [-0.2, -0.15) is 0 Å². The van der Waals surface area contributed by atoms with E-state index in [1.807, 2.05) is 44.3 Å². The van der Waals surface area contributed by atoms with E-state index < -0.39 is 0 Å². The molecule has 1 unspecified atom stereocenters. The topological polar surface area (TPSA) is 34.1 Å². The molecule has 1 atom stereocenters. The van der Waals surface area contributed by atoms with E-state index in [1.165, 1.54) is 0 Å². The van der Waals surface area contributed by atoms with E-state index in [2.05, 4.69) is 17.2 Å². The molecule has 0 aliphatic rings. The molecule has 0 aliphatic heterocycles. The highest BCUT2D eigenvalue weighted by Crippen LogP contribution is 2.30. The SMILES string of the molecule is CCC(NC)c1ccc(Oc2ccc(C)cc2Cl)cn1. The Kier molecular flexibility index (Phi) is 4.99. The number of hydrogen-bond donors (Lipinski definition) is 1. The van der Waals surface area contributed by atoms with Crippen molar-refractivity contribution in [2.45, 2.75) is 26.3 Å². The molecule has 0 aliphatic carbocycles. The van der Waals surface area contributed by atoms with Crippen molar-refractivity contribution in [1.29, 1.82) is 0 Å². The molecule has 20 heavy (non-hydrogen) atoms. The minimum atomic E-state index is 0.270. The lowest BCUT2D eigenvalue weighted by atomic mass is 10.1. The van der Waals surface area contributed by atoms with Crippen LogP contribution in [0.4, 0.5) is 0 Å². The summed E-state index contributed by atoms with van der Waals surface area (Å²) in [4.78, 5) is 4.43. The van der Waals surface area contributed by atoms with Crippen LogP contribution in [0.15, 0.2) is 36.5 Å². The first-order chi connectivity index (χ1) is 9.63. The Morgan fingerprint density at radius 1 is 1.30 bits per heavy atom. The van der Waals surface area contributed by atoms with Crippen LogP contribution < -0.4 is 10.1 Å². The van der Waals surface area contributed by atoms with E-state index >= 15 is 0 Å². The number of hydrogen-bond acceptors (Lipinski definition) is 3. The third-order valence-corrected chi connectivity index (χ3v) is 3.48. The summed E-state index contributed by atoms with van der Waals surface area (Å²) in [6.07, 6.45) is 2.72. The number of halogens is 1. The molecule has 106 valence electrons. The fraction of sp³-hybridized carbons (Fsp3) is 0.312. The van der Waals surface area contributed by atoms with Gasteiger partial charge in [0, 0.05) is 6.04 Å². The van der Waals surface area contributed by atoms with Crippen LogP contribution in [0.1, 0.15) is 30.6 Å². The molecule has 1 heterocycles. The summed E-state index contributed by atoms with van der Waals surface area (Å²) in [5.74, 6) is 1.33. The lowest BCUT2D eigenvalue weighted by Crippen LogP contribution is -2.16. The maximum atomic E-state index is 6.15. The quantitative estimate of drug-likeness (QED) is 0.880. The molecule has 0 saturated heterocycles. The van der Waals surface area contributed by atoms with Gasteiger partial charge in [0.1, 0.15) is 11.5 Å². The van der Waals surface area contributed by atoms with Crippen LogP contribution in [-0.4, -0.2) is 12.0 Å². The highest BCUT2D eigenvalue weighted by atomic mass is 35.5. The Hall–Kier alpha value is -1.58. The minimum absolute atomic E-state index is 0.270. The predicted octanol–water partition coefficient (Wildman–Crippen LogP) is 4.51. The molecule has 2 aromatic rings. The maximum absolute atomic E-state index is 6.15. The summed E-state index contributed by atoms with van der Waals surface area (Å²) < 4.78 is 5.75. The Balaban J connectivity index is 2.14. The molecule has 3 nitrogen and oxygen atoms in total. The number of nitrogens with one attached hydrogen (secondary N) is 1. The second-order valence-electron chi connectivity index (χ2n) is 4.70. The van der Waals surface area contributed by atoms with Gasteiger partial charge in [0.05, 0.1) is 16.9 Å². The molecule has 1 aromatic heterocycles. The van der Waals surface area contributed by atoms with E-state index in [9.17, 15) is 0 Å². The van der Waals surface area contributed by atoms with Crippen molar-refractivity contribution in [2.24, 2.45) is 0 Å². The van der Waals surface area contributed by atoms with Gasteiger partial charge in [-0.1, -0.05) is 24.6 Å². The monoisotopic (exact) mass is 290 g/mol. The minimum Gasteiger partial charge on any atom is -0.454 e. The largest absolute Gasteiger partial charge is 0.454 e. The first kappa shape index (κ1) is 14.8. The lowest BCUT2D eigenvalue weighted by molar-refractivity contribution is 0.477. The summed E-state index contributed by atoms with van der Waals surface area (Å²) in [5.41, 5.74) is 2.12. The van der Waals surface area contributed by atoms with Gasteiger partial charge in [-0.3, -0.25) is 4.98 Å². The van der Waals surface area contributed by atoms with Gasteiger partial charge in [-0.15, -0.1) is 0 Å². The zero-order valence-corrected chi connectivity index (χ0v) is 12.7. The number of aryl methyl sites for hydroxylation is 1. The van der Waals surface area contributed by atoms with E-state index in [4.69, 9.17) is 16.3 Å². The molecular formula is C16H19ClN2O. The van der Waals surface area contributed by atoms with Gasteiger partial charge >= 0.3 is 0 Å². The molecule has 1 N–H and O–H groups in total. The molecular weight excluding hydrogens is 272 g/mol. The number of pyridine rings is 1. The summed E-state index contributed by atoms with van der Waals surface area (Å²) in [7, 11) is 1.94. The standard InChI is InChI=1S/C16H19ClN2O/c1-4-14(18-3)15-7-6-12(10-19-15)20-16-8-5-11(2)9-13(16)17/h5-10,14,18H,4H2,1-3H3. The van der Waals surface area contributed by atoms with Gasteiger partial charge < -0.3 is 10.1 Å². The van der Waals surface area contributed by atoms with Gasteiger partial charge in [-0.25, -0.2) is 0 Å². The van der Waals surface area contributed by atoms with Crippen molar-refractivity contribution < 1.29 is 4.74 Å².